The lowest BCUT2D eigenvalue weighted by molar-refractivity contribution is -0.132. The van der Waals surface area contributed by atoms with Crippen molar-refractivity contribution in [2.75, 3.05) is 11.5 Å². The highest BCUT2D eigenvalue weighted by atomic mass is 16.5. The molecule has 1 saturated heterocycles. The minimum Gasteiger partial charge on any atom is -0.507 e. The van der Waals surface area contributed by atoms with E-state index in [1.807, 2.05) is 32.0 Å². The molecule has 4 rings (SSSR count). The highest BCUT2D eigenvalue weighted by Crippen LogP contribution is 2.43. The summed E-state index contributed by atoms with van der Waals surface area (Å²) < 4.78 is 11.4. The van der Waals surface area contributed by atoms with E-state index >= 15 is 0 Å². The number of aliphatic hydroxyl groups is 1. The van der Waals surface area contributed by atoms with Crippen molar-refractivity contribution < 1.29 is 23.8 Å². The fraction of sp³-hybridized carbons (Fsp3) is 0.286. The van der Waals surface area contributed by atoms with Crippen LogP contribution in [0.25, 0.3) is 5.76 Å². The van der Waals surface area contributed by atoms with Gasteiger partial charge in [0.25, 0.3) is 11.7 Å². The van der Waals surface area contributed by atoms with Crippen molar-refractivity contribution >= 4 is 23.1 Å². The zero-order valence-corrected chi connectivity index (χ0v) is 19.7. The van der Waals surface area contributed by atoms with Gasteiger partial charge in [-0.3, -0.25) is 14.5 Å². The molecule has 0 aliphatic carbocycles. The molecule has 1 unspecified atom stereocenters. The molecule has 0 spiro atoms. The lowest BCUT2D eigenvalue weighted by Crippen LogP contribution is -2.30. The van der Waals surface area contributed by atoms with Crippen LogP contribution in [0.5, 0.6) is 5.75 Å². The molecule has 1 aliphatic heterocycles. The van der Waals surface area contributed by atoms with Crippen molar-refractivity contribution in [3.63, 3.8) is 0 Å². The Morgan fingerprint density at radius 2 is 1.82 bits per heavy atom. The lowest BCUT2D eigenvalue weighted by atomic mass is 9.98. The Morgan fingerprint density at radius 3 is 2.47 bits per heavy atom. The molecule has 176 valence electrons. The molecule has 6 heteroatoms. The maximum atomic E-state index is 13.2. The van der Waals surface area contributed by atoms with E-state index in [9.17, 15) is 14.7 Å². The number of ketones is 1. The average molecular weight is 460 g/mol. The van der Waals surface area contributed by atoms with Crippen LogP contribution in [0.4, 0.5) is 5.69 Å². The summed E-state index contributed by atoms with van der Waals surface area (Å²) in [6.45, 7) is 6.61. The number of amides is 1. The van der Waals surface area contributed by atoms with Gasteiger partial charge in [-0.25, -0.2) is 0 Å². The fourth-order valence-corrected chi connectivity index (χ4v) is 4.28. The first-order valence-corrected chi connectivity index (χ1v) is 11.6. The van der Waals surface area contributed by atoms with E-state index in [1.54, 1.807) is 36.4 Å². The monoisotopic (exact) mass is 459 g/mol. The SMILES string of the molecule is CCCCCOc1ccc(/C(O)=C2/C(=O)C(=O)N(c3ccc(C)cc3C)C2c2ccco2)cc1. The number of benzene rings is 2. The number of carbonyl (C=O) groups excluding carboxylic acids is 2. The van der Waals surface area contributed by atoms with Crippen molar-refractivity contribution in [2.24, 2.45) is 0 Å². The van der Waals surface area contributed by atoms with Crippen LogP contribution in [0, 0.1) is 13.8 Å². The number of hydrogen-bond donors (Lipinski definition) is 1. The smallest absolute Gasteiger partial charge is 0.300 e. The van der Waals surface area contributed by atoms with Crippen LogP contribution in [0.15, 0.2) is 70.9 Å². The van der Waals surface area contributed by atoms with Gasteiger partial charge in [0, 0.05) is 11.3 Å². The molecular weight excluding hydrogens is 430 g/mol. The second-order valence-corrected chi connectivity index (χ2v) is 8.55. The Bertz CT molecular complexity index is 1210. The van der Waals surface area contributed by atoms with Crippen molar-refractivity contribution in [3.05, 3.63) is 88.9 Å². The topological polar surface area (TPSA) is 80.0 Å². The summed E-state index contributed by atoms with van der Waals surface area (Å²) >= 11 is 0. The summed E-state index contributed by atoms with van der Waals surface area (Å²) in [5, 5.41) is 11.2. The Kier molecular flexibility index (Phi) is 6.87. The summed E-state index contributed by atoms with van der Waals surface area (Å²) in [5.74, 6) is -0.614. The summed E-state index contributed by atoms with van der Waals surface area (Å²) in [6, 6.07) is 15.1. The summed E-state index contributed by atoms with van der Waals surface area (Å²) in [4.78, 5) is 27.8. The van der Waals surface area contributed by atoms with Crippen molar-refractivity contribution in [1.82, 2.24) is 0 Å². The van der Waals surface area contributed by atoms with E-state index in [0.29, 0.717) is 29.4 Å². The predicted octanol–water partition coefficient (Wildman–Crippen LogP) is 6.09. The molecule has 6 nitrogen and oxygen atoms in total. The highest BCUT2D eigenvalue weighted by molar-refractivity contribution is 6.51. The number of furan rings is 1. The van der Waals surface area contributed by atoms with E-state index in [0.717, 1.165) is 30.4 Å². The van der Waals surface area contributed by atoms with Crippen LogP contribution in [0.1, 0.15) is 54.7 Å². The molecule has 0 saturated carbocycles. The molecular formula is C28H29NO5. The molecule has 2 aromatic carbocycles. The Balaban J connectivity index is 1.73. The third-order valence-corrected chi connectivity index (χ3v) is 6.01. The molecule has 3 aromatic rings. The number of unbranched alkanes of at least 4 members (excludes halogenated alkanes) is 2. The van der Waals surface area contributed by atoms with Gasteiger partial charge < -0.3 is 14.3 Å². The van der Waals surface area contributed by atoms with E-state index < -0.39 is 17.7 Å². The molecule has 1 atom stereocenters. The van der Waals surface area contributed by atoms with E-state index in [2.05, 4.69) is 6.92 Å². The van der Waals surface area contributed by atoms with E-state index in [-0.39, 0.29) is 11.3 Å². The van der Waals surface area contributed by atoms with E-state index in [4.69, 9.17) is 9.15 Å². The first kappa shape index (κ1) is 23.4. The van der Waals surface area contributed by atoms with Gasteiger partial charge in [0.2, 0.25) is 0 Å². The summed E-state index contributed by atoms with van der Waals surface area (Å²) in [6.07, 6.45) is 4.68. The van der Waals surface area contributed by atoms with Gasteiger partial charge in [0.05, 0.1) is 18.4 Å². The molecule has 0 bridgehead atoms. The van der Waals surface area contributed by atoms with Crippen LogP contribution in [0.3, 0.4) is 0 Å². The maximum absolute atomic E-state index is 13.2. The number of carbonyl (C=O) groups is 2. The first-order chi connectivity index (χ1) is 16.4. The highest BCUT2D eigenvalue weighted by Gasteiger charge is 2.48. The van der Waals surface area contributed by atoms with Crippen LogP contribution in [0.2, 0.25) is 0 Å². The standard InChI is InChI=1S/C28H29NO5/c1-4-5-6-15-33-21-12-10-20(11-13-21)26(30)24-25(23-8-7-16-34-23)29(28(32)27(24)31)22-14-9-18(2)17-19(22)3/h7-14,16-17,25,30H,4-6,15H2,1-3H3/b26-24-. The second kappa shape index (κ2) is 10.00. The minimum atomic E-state index is -0.874. The number of rotatable bonds is 8. The summed E-state index contributed by atoms with van der Waals surface area (Å²) in [7, 11) is 0. The number of nitrogens with zero attached hydrogens (tertiary/aromatic N) is 1. The zero-order valence-electron chi connectivity index (χ0n) is 19.7. The molecule has 1 aromatic heterocycles. The number of ether oxygens (including phenoxy) is 1. The number of anilines is 1. The van der Waals surface area contributed by atoms with Crippen LogP contribution in [-0.4, -0.2) is 23.4 Å². The third kappa shape index (κ3) is 4.49. The van der Waals surface area contributed by atoms with Gasteiger partial charge in [0.15, 0.2) is 0 Å². The van der Waals surface area contributed by atoms with Gasteiger partial charge in [-0.15, -0.1) is 0 Å². The quantitative estimate of drug-likeness (QED) is 0.191. The lowest BCUT2D eigenvalue weighted by Gasteiger charge is -2.25. The molecule has 1 N–H and O–H groups in total. The molecule has 1 fully saturated rings. The second-order valence-electron chi connectivity index (χ2n) is 8.55. The fourth-order valence-electron chi connectivity index (χ4n) is 4.28. The average Bonchev–Trinajstić information content (AvgIpc) is 3.44. The molecule has 1 aliphatic rings. The van der Waals surface area contributed by atoms with Crippen LogP contribution in [-0.2, 0) is 9.59 Å². The van der Waals surface area contributed by atoms with Crippen molar-refractivity contribution in [2.45, 2.75) is 46.1 Å². The Labute approximate surface area is 199 Å². The van der Waals surface area contributed by atoms with Crippen molar-refractivity contribution in [1.29, 1.82) is 0 Å². The third-order valence-electron chi connectivity index (χ3n) is 6.01. The number of aryl methyl sites for hydroxylation is 2. The van der Waals surface area contributed by atoms with Gasteiger partial charge in [-0.1, -0.05) is 37.5 Å². The van der Waals surface area contributed by atoms with Crippen LogP contribution < -0.4 is 9.64 Å². The Hall–Kier alpha value is -3.80. The van der Waals surface area contributed by atoms with Gasteiger partial charge >= 0.3 is 0 Å². The van der Waals surface area contributed by atoms with Gasteiger partial charge in [-0.05, 0) is 68.3 Å². The Morgan fingerprint density at radius 1 is 1.06 bits per heavy atom. The zero-order chi connectivity index (χ0) is 24.2. The largest absolute Gasteiger partial charge is 0.507 e. The first-order valence-electron chi connectivity index (χ1n) is 11.6. The molecule has 2 heterocycles. The molecule has 0 radical (unpaired) electrons. The number of hydrogen-bond acceptors (Lipinski definition) is 5. The normalized spacial score (nSPS) is 17.4. The van der Waals surface area contributed by atoms with Crippen LogP contribution >= 0.6 is 0 Å². The summed E-state index contributed by atoms with van der Waals surface area (Å²) in [5.41, 5.74) is 2.92. The van der Waals surface area contributed by atoms with Crippen molar-refractivity contribution in [3.8, 4) is 5.75 Å². The maximum Gasteiger partial charge on any atom is 0.300 e. The molecule has 34 heavy (non-hydrogen) atoms. The van der Waals surface area contributed by atoms with E-state index in [1.165, 1.54) is 11.2 Å². The minimum absolute atomic E-state index is 0.00320. The number of aliphatic hydroxyl groups excluding tert-OH is 1. The predicted molar refractivity (Wildman–Crippen MR) is 131 cm³/mol. The van der Waals surface area contributed by atoms with Gasteiger partial charge in [0.1, 0.15) is 23.3 Å². The molecule has 1 amide bonds. The van der Waals surface area contributed by atoms with Gasteiger partial charge in [-0.2, -0.15) is 0 Å². The number of Topliss-reactive ketones (excluding diaryl/α,β-unsaturated/α-hetero) is 1.